The number of rotatable bonds is 8. The molecule has 0 aromatic carbocycles. The molecule has 1 atom stereocenters. The molecule has 0 aromatic rings. The molecular weight excluding hydrogens is 204 g/mol. The molecule has 0 spiro atoms. The average Bonchev–Trinajstić information content (AvgIpc) is 3.13. The van der Waals surface area contributed by atoms with Crippen LogP contribution < -0.4 is 5.32 Å². The lowest BCUT2D eigenvalue weighted by atomic mass is 10.2. The van der Waals surface area contributed by atoms with E-state index < -0.39 is 0 Å². The van der Waals surface area contributed by atoms with Gasteiger partial charge in [-0.15, -0.1) is 0 Å². The van der Waals surface area contributed by atoms with Gasteiger partial charge >= 0.3 is 5.97 Å². The van der Waals surface area contributed by atoms with Crippen molar-refractivity contribution < 1.29 is 9.53 Å². The molecule has 0 heterocycles. The molecule has 16 heavy (non-hydrogen) atoms. The number of ether oxygens (including phenoxy) is 1. The first-order valence-electron chi connectivity index (χ1n) is 6.26. The van der Waals surface area contributed by atoms with Crippen LogP contribution in [0.15, 0.2) is 0 Å². The molecule has 0 aromatic heterocycles. The van der Waals surface area contributed by atoms with Crippen LogP contribution in [0, 0.1) is 5.92 Å². The van der Waals surface area contributed by atoms with Crippen molar-refractivity contribution in [2.45, 2.75) is 32.7 Å². The topological polar surface area (TPSA) is 41.6 Å². The van der Waals surface area contributed by atoms with Crippen LogP contribution in [0.4, 0.5) is 0 Å². The zero-order valence-corrected chi connectivity index (χ0v) is 10.7. The van der Waals surface area contributed by atoms with Gasteiger partial charge in [-0.3, -0.25) is 4.79 Å². The molecule has 94 valence electrons. The summed E-state index contributed by atoms with van der Waals surface area (Å²) < 4.78 is 4.81. The zero-order valence-electron chi connectivity index (χ0n) is 10.7. The third-order valence-corrected chi connectivity index (χ3v) is 3.24. The van der Waals surface area contributed by atoms with Gasteiger partial charge in [-0.2, -0.15) is 0 Å². The van der Waals surface area contributed by atoms with E-state index in [1.165, 1.54) is 7.11 Å². The molecule has 1 N–H and O–H groups in total. The minimum absolute atomic E-state index is 0.0828. The van der Waals surface area contributed by atoms with Gasteiger partial charge < -0.3 is 15.0 Å². The van der Waals surface area contributed by atoms with E-state index in [9.17, 15) is 4.79 Å². The van der Waals surface area contributed by atoms with E-state index in [0.717, 1.165) is 39.0 Å². The molecule has 1 fully saturated rings. The minimum Gasteiger partial charge on any atom is -0.468 e. The van der Waals surface area contributed by atoms with Gasteiger partial charge in [-0.1, -0.05) is 13.8 Å². The number of nitrogens with one attached hydrogen (secondary N) is 1. The maximum Gasteiger partial charge on any atom is 0.323 e. The van der Waals surface area contributed by atoms with Crippen LogP contribution in [-0.2, 0) is 9.53 Å². The predicted octanol–water partition coefficient (Wildman–Crippen LogP) is 0.869. The van der Waals surface area contributed by atoms with Crippen LogP contribution in [0.25, 0.3) is 0 Å². The van der Waals surface area contributed by atoms with Gasteiger partial charge in [0.2, 0.25) is 0 Å². The first kappa shape index (κ1) is 13.5. The smallest absolute Gasteiger partial charge is 0.323 e. The van der Waals surface area contributed by atoms with Gasteiger partial charge in [0.05, 0.1) is 7.11 Å². The van der Waals surface area contributed by atoms with Crippen molar-refractivity contribution in [3.8, 4) is 0 Å². The number of nitrogens with zero attached hydrogens (tertiary/aromatic N) is 1. The lowest BCUT2D eigenvalue weighted by molar-refractivity contribution is -0.143. The standard InChI is InChI=1S/C12H24N2O2/c1-4-14(5-2)9-8-13-11(10-6-7-10)12(15)16-3/h10-11,13H,4-9H2,1-3H3. The summed E-state index contributed by atoms with van der Waals surface area (Å²) in [7, 11) is 1.46. The zero-order chi connectivity index (χ0) is 12.0. The van der Waals surface area contributed by atoms with E-state index in [1.807, 2.05) is 0 Å². The van der Waals surface area contributed by atoms with Crippen LogP contribution in [0.3, 0.4) is 0 Å². The van der Waals surface area contributed by atoms with Crippen molar-refractivity contribution >= 4 is 5.97 Å². The first-order valence-corrected chi connectivity index (χ1v) is 6.26. The second kappa shape index (κ2) is 6.86. The fourth-order valence-electron chi connectivity index (χ4n) is 1.92. The summed E-state index contributed by atoms with van der Waals surface area (Å²) >= 11 is 0. The Balaban J connectivity index is 2.24. The first-order chi connectivity index (χ1) is 7.72. The number of hydrogen-bond acceptors (Lipinski definition) is 4. The number of hydrogen-bond donors (Lipinski definition) is 1. The summed E-state index contributed by atoms with van der Waals surface area (Å²) in [5, 5.41) is 3.32. The lowest BCUT2D eigenvalue weighted by Crippen LogP contribution is -2.43. The number of likely N-dealkylation sites (N-methyl/N-ethyl adjacent to an activating group) is 1. The second-order valence-electron chi connectivity index (χ2n) is 4.32. The summed E-state index contributed by atoms with van der Waals surface area (Å²) in [6.45, 7) is 8.28. The Bertz CT molecular complexity index is 213. The summed E-state index contributed by atoms with van der Waals surface area (Å²) in [5.74, 6) is 0.395. The highest BCUT2D eigenvalue weighted by molar-refractivity contribution is 5.76. The van der Waals surface area contributed by atoms with Crippen molar-refractivity contribution in [2.24, 2.45) is 5.92 Å². The molecule has 0 aliphatic heterocycles. The number of esters is 1. The summed E-state index contributed by atoms with van der Waals surface area (Å²) in [4.78, 5) is 13.9. The van der Waals surface area contributed by atoms with Crippen LogP contribution >= 0.6 is 0 Å². The molecular formula is C12H24N2O2. The normalized spacial score (nSPS) is 17.5. The summed E-state index contributed by atoms with van der Waals surface area (Å²) in [6, 6.07) is -0.0828. The van der Waals surface area contributed by atoms with Gasteiger partial charge in [0.25, 0.3) is 0 Å². The van der Waals surface area contributed by atoms with Gasteiger partial charge in [0, 0.05) is 13.1 Å². The maximum atomic E-state index is 11.5. The molecule has 1 rings (SSSR count). The number of carbonyl (C=O) groups is 1. The van der Waals surface area contributed by atoms with E-state index in [2.05, 4.69) is 24.1 Å². The van der Waals surface area contributed by atoms with Crippen LogP contribution in [0.5, 0.6) is 0 Å². The monoisotopic (exact) mass is 228 g/mol. The van der Waals surface area contributed by atoms with Gasteiger partial charge in [-0.05, 0) is 31.8 Å². The van der Waals surface area contributed by atoms with Crippen molar-refractivity contribution in [2.75, 3.05) is 33.3 Å². The van der Waals surface area contributed by atoms with Crippen LogP contribution in [-0.4, -0.2) is 50.2 Å². The Hall–Kier alpha value is -0.610. The molecule has 0 saturated heterocycles. The predicted molar refractivity (Wildman–Crippen MR) is 64.3 cm³/mol. The Kier molecular flexibility index (Phi) is 5.77. The van der Waals surface area contributed by atoms with E-state index in [4.69, 9.17) is 4.74 Å². The SMILES string of the molecule is CCN(CC)CCNC(C(=O)OC)C1CC1. The highest BCUT2D eigenvalue weighted by Gasteiger charge is 2.36. The van der Waals surface area contributed by atoms with Gasteiger partial charge in [-0.25, -0.2) is 0 Å². The summed E-state index contributed by atoms with van der Waals surface area (Å²) in [5.41, 5.74) is 0. The summed E-state index contributed by atoms with van der Waals surface area (Å²) in [6.07, 6.45) is 2.30. The molecule has 0 radical (unpaired) electrons. The van der Waals surface area contributed by atoms with Crippen LogP contribution in [0.2, 0.25) is 0 Å². The Morgan fingerprint density at radius 1 is 1.44 bits per heavy atom. The molecule has 4 heteroatoms. The quantitative estimate of drug-likeness (QED) is 0.626. The van der Waals surface area contributed by atoms with Gasteiger partial charge in [0.1, 0.15) is 6.04 Å². The van der Waals surface area contributed by atoms with Crippen molar-refractivity contribution in [3.63, 3.8) is 0 Å². The molecule has 1 unspecified atom stereocenters. The second-order valence-corrected chi connectivity index (χ2v) is 4.32. The fraction of sp³-hybridized carbons (Fsp3) is 0.917. The fourth-order valence-corrected chi connectivity index (χ4v) is 1.92. The maximum absolute atomic E-state index is 11.5. The van der Waals surface area contributed by atoms with Crippen molar-refractivity contribution in [3.05, 3.63) is 0 Å². The third-order valence-electron chi connectivity index (χ3n) is 3.24. The largest absolute Gasteiger partial charge is 0.468 e. The van der Waals surface area contributed by atoms with Gasteiger partial charge in [0.15, 0.2) is 0 Å². The lowest BCUT2D eigenvalue weighted by Gasteiger charge is -2.21. The molecule has 0 bridgehead atoms. The molecule has 4 nitrogen and oxygen atoms in total. The van der Waals surface area contributed by atoms with E-state index in [1.54, 1.807) is 0 Å². The van der Waals surface area contributed by atoms with E-state index in [0.29, 0.717) is 5.92 Å². The van der Waals surface area contributed by atoms with E-state index in [-0.39, 0.29) is 12.0 Å². The number of carbonyl (C=O) groups excluding carboxylic acids is 1. The molecule has 1 aliphatic carbocycles. The van der Waals surface area contributed by atoms with Crippen molar-refractivity contribution in [1.82, 2.24) is 10.2 Å². The van der Waals surface area contributed by atoms with E-state index >= 15 is 0 Å². The van der Waals surface area contributed by atoms with Crippen LogP contribution in [0.1, 0.15) is 26.7 Å². The Morgan fingerprint density at radius 3 is 2.50 bits per heavy atom. The highest BCUT2D eigenvalue weighted by atomic mass is 16.5. The third kappa shape index (κ3) is 4.10. The Morgan fingerprint density at radius 2 is 2.06 bits per heavy atom. The molecule has 1 saturated carbocycles. The average molecular weight is 228 g/mol. The minimum atomic E-state index is -0.109. The Labute approximate surface area is 98.3 Å². The molecule has 1 aliphatic rings. The molecule has 0 amide bonds. The van der Waals surface area contributed by atoms with Crippen molar-refractivity contribution in [1.29, 1.82) is 0 Å². The highest BCUT2D eigenvalue weighted by Crippen LogP contribution is 2.33. The number of methoxy groups -OCH3 is 1.